The Hall–Kier alpha value is -3.48. The first-order valence-corrected chi connectivity index (χ1v) is 12.3. The van der Waals surface area contributed by atoms with E-state index in [1.54, 1.807) is 7.11 Å². The van der Waals surface area contributed by atoms with E-state index < -0.39 is 0 Å². The molecular formula is C28H30N2O5. The number of ether oxygens (including phenoxy) is 2. The predicted octanol–water partition coefficient (Wildman–Crippen LogP) is 4.31. The molecule has 35 heavy (non-hydrogen) atoms. The molecule has 1 amide bonds. The lowest BCUT2D eigenvalue weighted by Gasteiger charge is -2.36. The average molecular weight is 475 g/mol. The van der Waals surface area contributed by atoms with Crippen molar-refractivity contribution in [2.45, 2.75) is 44.6 Å². The topological polar surface area (TPSA) is 85.3 Å². The molecular weight excluding hydrogens is 444 g/mol. The van der Waals surface area contributed by atoms with E-state index in [1.807, 2.05) is 54.6 Å². The Morgan fingerprint density at radius 2 is 1.69 bits per heavy atom. The van der Waals surface area contributed by atoms with Crippen molar-refractivity contribution in [1.82, 2.24) is 5.01 Å². The highest BCUT2D eigenvalue weighted by Gasteiger charge is 2.42. The fraction of sp³-hybridized carbons (Fsp3) is 0.429. The Balaban J connectivity index is 1.29. The zero-order valence-corrected chi connectivity index (χ0v) is 19.9. The maximum Gasteiger partial charge on any atom is 0.309 e. The molecule has 182 valence electrons. The second-order valence-corrected chi connectivity index (χ2v) is 9.65. The van der Waals surface area contributed by atoms with Crippen LogP contribution < -0.4 is 4.74 Å². The van der Waals surface area contributed by atoms with Crippen LogP contribution in [0.3, 0.4) is 0 Å². The van der Waals surface area contributed by atoms with Crippen molar-refractivity contribution < 1.29 is 23.9 Å². The van der Waals surface area contributed by atoms with Gasteiger partial charge in [-0.2, -0.15) is 5.10 Å². The molecule has 1 unspecified atom stereocenters. The summed E-state index contributed by atoms with van der Waals surface area (Å²) in [7, 11) is 1.61. The first-order chi connectivity index (χ1) is 17.0. The first-order valence-electron chi connectivity index (χ1n) is 12.3. The monoisotopic (exact) mass is 474 g/mol. The van der Waals surface area contributed by atoms with Crippen LogP contribution in [-0.4, -0.2) is 42.1 Å². The molecule has 1 aliphatic heterocycles. The third-order valence-corrected chi connectivity index (χ3v) is 7.49. The molecule has 2 aromatic carbocycles. The molecule has 2 bridgehead atoms. The van der Waals surface area contributed by atoms with E-state index >= 15 is 0 Å². The maximum atomic E-state index is 13.2. The Labute approximate surface area is 205 Å². The van der Waals surface area contributed by atoms with E-state index in [-0.39, 0.29) is 42.3 Å². The van der Waals surface area contributed by atoms with Crippen molar-refractivity contribution in [2.24, 2.45) is 22.9 Å². The number of fused-ring (bicyclic) bond motifs is 2. The summed E-state index contributed by atoms with van der Waals surface area (Å²) < 4.78 is 10.8. The zero-order valence-electron chi connectivity index (χ0n) is 19.9. The summed E-state index contributed by atoms with van der Waals surface area (Å²) in [5, 5.41) is 6.08. The minimum Gasteiger partial charge on any atom is -0.497 e. The summed E-state index contributed by atoms with van der Waals surface area (Å²) in [5.41, 5.74) is 2.69. The van der Waals surface area contributed by atoms with E-state index in [0.29, 0.717) is 25.0 Å². The van der Waals surface area contributed by atoms with Crippen LogP contribution in [0, 0.1) is 17.8 Å². The second kappa shape index (κ2) is 10.0. The van der Waals surface area contributed by atoms with Gasteiger partial charge in [0, 0.05) is 18.3 Å². The van der Waals surface area contributed by atoms with Gasteiger partial charge in [-0.05, 0) is 48.9 Å². The minimum atomic E-state index is -0.379. The molecule has 4 atom stereocenters. The molecule has 0 spiro atoms. The van der Waals surface area contributed by atoms with Crippen LogP contribution in [0.15, 0.2) is 59.7 Å². The maximum absolute atomic E-state index is 13.2. The summed E-state index contributed by atoms with van der Waals surface area (Å²) in [4.78, 5) is 38.4. The van der Waals surface area contributed by atoms with Crippen LogP contribution in [0.5, 0.6) is 5.75 Å². The van der Waals surface area contributed by atoms with Gasteiger partial charge in [0.2, 0.25) is 0 Å². The number of benzene rings is 2. The number of hydrogen-bond acceptors (Lipinski definition) is 6. The molecule has 7 nitrogen and oxygen atoms in total. The molecule has 0 radical (unpaired) electrons. The fourth-order valence-electron chi connectivity index (χ4n) is 5.62. The van der Waals surface area contributed by atoms with Gasteiger partial charge in [0.25, 0.3) is 5.91 Å². The average Bonchev–Trinajstić information content (AvgIpc) is 3.33. The van der Waals surface area contributed by atoms with E-state index in [9.17, 15) is 14.4 Å². The normalized spacial score (nSPS) is 25.7. The van der Waals surface area contributed by atoms with Gasteiger partial charge in [-0.1, -0.05) is 48.9 Å². The van der Waals surface area contributed by atoms with Crippen molar-refractivity contribution in [2.75, 3.05) is 13.7 Å². The number of ketones is 1. The Kier molecular flexibility index (Phi) is 6.66. The van der Waals surface area contributed by atoms with E-state index in [1.165, 1.54) is 5.01 Å². The minimum absolute atomic E-state index is 0.0354. The standard InChI is InChI=1S/C28H30N2O5/c1-34-23-12-10-19(11-13-23)25-16-24(18-6-3-2-4-7-18)29-30(25)26(31)17-35-28(33)22-14-20-8-5-9-21(15-22)27(20)32/h2-4,6-7,10-13,20-22,25H,5,8-9,14-17H2,1H3/t20-,21+,22?,25-/m0/s1. The molecule has 1 heterocycles. The number of rotatable bonds is 6. The Bertz CT molecular complexity index is 1110. The Morgan fingerprint density at radius 1 is 1.00 bits per heavy atom. The number of Topliss-reactive ketones (excluding diaryl/α,β-unsaturated/α-hetero) is 1. The molecule has 0 aromatic heterocycles. The molecule has 7 heteroatoms. The number of nitrogens with zero attached hydrogens (tertiary/aromatic N) is 2. The molecule has 5 rings (SSSR count). The predicted molar refractivity (Wildman–Crippen MR) is 130 cm³/mol. The molecule has 2 aliphatic carbocycles. The van der Waals surface area contributed by atoms with Gasteiger partial charge in [0.05, 0.1) is 24.8 Å². The summed E-state index contributed by atoms with van der Waals surface area (Å²) in [6.07, 6.45) is 4.39. The summed E-state index contributed by atoms with van der Waals surface area (Å²) >= 11 is 0. The number of methoxy groups -OCH3 is 1. The van der Waals surface area contributed by atoms with Gasteiger partial charge in [0.15, 0.2) is 6.61 Å². The van der Waals surface area contributed by atoms with Gasteiger partial charge >= 0.3 is 5.97 Å². The molecule has 3 aliphatic rings. The highest BCUT2D eigenvalue weighted by Crippen LogP contribution is 2.40. The lowest BCUT2D eigenvalue weighted by Crippen LogP contribution is -2.40. The van der Waals surface area contributed by atoms with Crippen molar-refractivity contribution in [3.8, 4) is 5.75 Å². The number of carbonyl (C=O) groups excluding carboxylic acids is 3. The number of esters is 1. The molecule has 0 saturated heterocycles. The van der Waals surface area contributed by atoms with Gasteiger partial charge in [0.1, 0.15) is 11.5 Å². The number of hydrazone groups is 1. The van der Waals surface area contributed by atoms with E-state index in [2.05, 4.69) is 5.10 Å². The lowest BCUT2D eigenvalue weighted by atomic mass is 9.67. The van der Waals surface area contributed by atoms with Crippen molar-refractivity contribution in [1.29, 1.82) is 0 Å². The molecule has 2 aromatic rings. The van der Waals surface area contributed by atoms with Gasteiger partial charge in [-0.15, -0.1) is 0 Å². The van der Waals surface area contributed by atoms with Gasteiger partial charge in [-0.3, -0.25) is 14.4 Å². The molecule has 2 saturated carbocycles. The molecule has 2 fully saturated rings. The van der Waals surface area contributed by atoms with Gasteiger partial charge in [-0.25, -0.2) is 5.01 Å². The zero-order chi connectivity index (χ0) is 24.4. The van der Waals surface area contributed by atoms with Crippen LogP contribution in [0.2, 0.25) is 0 Å². The number of hydrogen-bond donors (Lipinski definition) is 0. The largest absolute Gasteiger partial charge is 0.497 e. The highest BCUT2D eigenvalue weighted by atomic mass is 16.5. The third-order valence-electron chi connectivity index (χ3n) is 7.49. The van der Waals surface area contributed by atoms with Crippen LogP contribution in [0.4, 0.5) is 0 Å². The van der Waals surface area contributed by atoms with Crippen LogP contribution >= 0.6 is 0 Å². The summed E-state index contributed by atoms with van der Waals surface area (Å²) in [6.45, 7) is -0.364. The third kappa shape index (κ3) is 4.85. The van der Waals surface area contributed by atoms with Crippen molar-refractivity contribution in [3.63, 3.8) is 0 Å². The summed E-state index contributed by atoms with van der Waals surface area (Å²) in [6, 6.07) is 17.0. The van der Waals surface area contributed by atoms with Crippen molar-refractivity contribution >= 4 is 23.4 Å². The Morgan fingerprint density at radius 3 is 2.34 bits per heavy atom. The van der Waals surface area contributed by atoms with E-state index in [4.69, 9.17) is 9.47 Å². The lowest BCUT2D eigenvalue weighted by molar-refractivity contribution is -0.159. The van der Waals surface area contributed by atoms with Crippen LogP contribution in [0.1, 0.15) is 55.7 Å². The highest BCUT2D eigenvalue weighted by molar-refractivity contribution is 6.03. The van der Waals surface area contributed by atoms with Gasteiger partial charge < -0.3 is 9.47 Å². The van der Waals surface area contributed by atoms with Crippen LogP contribution in [-0.2, 0) is 19.1 Å². The van der Waals surface area contributed by atoms with Crippen LogP contribution in [0.25, 0.3) is 0 Å². The summed E-state index contributed by atoms with van der Waals surface area (Å²) in [5.74, 6) is -0.0850. The number of amides is 1. The quantitative estimate of drug-likeness (QED) is 0.583. The fourth-order valence-corrected chi connectivity index (χ4v) is 5.62. The van der Waals surface area contributed by atoms with Crippen molar-refractivity contribution in [3.05, 3.63) is 65.7 Å². The first kappa shape index (κ1) is 23.3. The smallest absolute Gasteiger partial charge is 0.309 e. The number of carbonyl (C=O) groups is 3. The second-order valence-electron chi connectivity index (χ2n) is 9.65. The molecule has 0 N–H and O–H groups in total. The van der Waals surface area contributed by atoms with E-state index in [0.717, 1.165) is 41.9 Å². The SMILES string of the molecule is COc1ccc([C@@H]2CC(c3ccccc3)=NN2C(=O)COC(=O)C2C[C@H]3CCC[C@@H](C2)C3=O)cc1.